The monoisotopic (exact) mass is 393 g/mol. The summed E-state index contributed by atoms with van der Waals surface area (Å²) >= 11 is 0. The Bertz CT molecular complexity index is 943. The number of aryl methyl sites for hydroxylation is 1. The fourth-order valence-electron chi connectivity index (χ4n) is 3.32. The first-order valence-electron chi connectivity index (χ1n) is 9.62. The standard InChI is InChI=1S/C23H27N3O3/c1-15-6-12-18(13-7-15)24-19(27)14-26-20(28)23(5,25-21(26)29)17-10-8-16(9-11-17)22(2,3)4/h6-13H,14H2,1-5H3,(H,24,27)(H,25,29). The SMILES string of the molecule is Cc1ccc(NC(=O)CN2C(=O)NC(C)(c3ccc(C(C)(C)C)cc3)C2=O)cc1. The highest BCUT2D eigenvalue weighted by Crippen LogP contribution is 2.31. The number of imide groups is 1. The molecule has 6 nitrogen and oxygen atoms in total. The zero-order chi connectivity index (χ0) is 21.4. The maximum atomic E-state index is 13.0. The van der Waals surface area contributed by atoms with Crippen LogP contribution in [0.2, 0.25) is 0 Å². The summed E-state index contributed by atoms with van der Waals surface area (Å²) in [5.74, 6) is -0.866. The van der Waals surface area contributed by atoms with E-state index in [2.05, 4.69) is 31.4 Å². The summed E-state index contributed by atoms with van der Waals surface area (Å²) in [6.45, 7) is 9.61. The van der Waals surface area contributed by atoms with Gasteiger partial charge in [-0.05, 0) is 42.5 Å². The van der Waals surface area contributed by atoms with Gasteiger partial charge in [-0.25, -0.2) is 4.79 Å². The van der Waals surface area contributed by atoms with Crippen molar-refractivity contribution in [1.82, 2.24) is 10.2 Å². The molecule has 0 radical (unpaired) electrons. The molecule has 2 aromatic rings. The van der Waals surface area contributed by atoms with Gasteiger partial charge in [0.25, 0.3) is 5.91 Å². The van der Waals surface area contributed by atoms with Crippen molar-refractivity contribution in [2.75, 3.05) is 11.9 Å². The van der Waals surface area contributed by atoms with Crippen LogP contribution in [0.5, 0.6) is 0 Å². The molecule has 2 aromatic carbocycles. The van der Waals surface area contributed by atoms with E-state index in [4.69, 9.17) is 0 Å². The van der Waals surface area contributed by atoms with E-state index in [1.807, 2.05) is 43.3 Å². The van der Waals surface area contributed by atoms with E-state index in [1.54, 1.807) is 19.1 Å². The molecule has 3 rings (SSSR count). The zero-order valence-corrected chi connectivity index (χ0v) is 17.5. The molecule has 1 aliphatic heterocycles. The Kier molecular flexibility index (Phi) is 5.22. The van der Waals surface area contributed by atoms with Crippen LogP contribution in [0.15, 0.2) is 48.5 Å². The third-order valence-electron chi connectivity index (χ3n) is 5.24. The van der Waals surface area contributed by atoms with Gasteiger partial charge in [-0.1, -0.05) is 62.7 Å². The van der Waals surface area contributed by atoms with Crippen molar-refractivity contribution in [3.05, 3.63) is 65.2 Å². The van der Waals surface area contributed by atoms with Crippen LogP contribution >= 0.6 is 0 Å². The van der Waals surface area contributed by atoms with Gasteiger partial charge in [0.1, 0.15) is 12.1 Å². The highest BCUT2D eigenvalue weighted by Gasteiger charge is 2.49. The Balaban J connectivity index is 1.74. The van der Waals surface area contributed by atoms with Crippen LogP contribution in [-0.2, 0) is 20.5 Å². The van der Waals surface area contributed by atoms with Gasteiger partial charge in [-0.15, -0.1) is 0 Å². The minimum absolute atomic E-state index is 0.0114. The largest absolute Gasteiger partial charge is 0.325 e. The highest BCUT2D eigenvalue weighted by molar-refractivity contribution is 6.10. The van der Waals surface area contributed by atoms with Crippen LogP contribution in [0.4, 0.5) is 10.5 Å². The fourth-order valence-corrected chi connectivity index (χ4v) is 3.32. The van der Waals surface area contributed by atoms with E-state index >= 15 is 0 Å². The number of urea groups is 1. The van der Waals surface area contributed by atoms with Gasteiger partial charge >= 0.3 is 6.03 Å². The number of anilines is 1. The van der Waals surface area contributed by atoms with Gasteiger partial charge in [0.15, 0.2) is 0 Å². The average molecular weight is 393 g/mol. The molecule has 4 amide bonds. The first kappa shape index (κ1) is 20.6. The van der Waals surface area contributed by atoms with Crippen molar-refractivity contribution in [2.24, 2.45) is 0 Å². The lowest BCUT2D eigenvalue weighted by molar-refractivity contribution is -0.133. The normalized spacial score (nSPS) is 19.3. The van der Waals surface area contributed by atoms with Crippen LogP contribution in [0.25, 0.3) is 0 Å². The van der Waals surface area contributed by atoms with Crippen LogP contribution in [0, 0.1) is 6.92 Å². The minimum atomic E-state index is -1.20. The van der Waals surface area contributed by atoms with Gasteiger partial charge in [-0.3, -0.25) is 14.5 Å². The van der Waals surface area contributed by atoms with Crippen LogP contribution in [0.3, 0.4) is 0 Å². The molecule has 0 aromatic heterocycles. The number of carbonyl (C=O) groups excluding carboxylic acids is 3. The highest BCUT2D eigenvalue weighted by atomic mass is 16.2. The molecule has 0 spiro atoms. The molecule has 1 unspecified atom stereocenters. The molecule has 1 saturated heterocycles. The van der Waals surface area contributed by atoms with Crippen LogP contribution in [0.1, 0.15) is 44.4 Å². The smallest absolute Gasteiger partial charge is 0.325 e. The fraction of sp³-hybridized carbons (Fsp3) is 0.348. The number of amides is 4. The number of nitrogens with zero attached hydrogens (tertiary/aromatic N) is 1. The summed E-state index contributed by atoms with van der Waals surface area (Å²) < 4.78 is 0. The Labute approximate surface area is 171 Å². The first-order valence-corrected chi connectivity index (χ1v) is 9.62. The number of hydrogen-bond donors (Lipinski definition) is 2. The van der Waals surface area contributed by atoms with Crippen molar-refractivity contribution in [3.8, 4) is 0 Å². The van der Waals surface area contributed by atoms with Crippen LogP contribution < -0.4 is 10.6 Å². The second kappa shape index (κ2) is 7.35. The van der Waals surface area contributed by atoms with Gasteiger partial charge in [0.05, 0.1) is 0 Å². The van der Waals surface area contributed by atoms with Crippen molar-refractivity contribution in [1.29, 1.82) is 0 Å². The molecule has 2 N–H and O–H groups in total. The molecule has 1 fully saturated rings. The maximum absolute atomic E-state index is 13.0. The van der Waals surface area contributed by atoms with Gasteiger partial charge in [-0.2, -0.15) is 0 Å². The predicted octanol–water partition coefficient (Wildman–Crippen LogP) is 3.70. The molecule has 6 heteroatoms. The van der Waals surface area contributed by atoms with Crippen molar-refractivity contribution < 1.29 is 14.4 Å². The number of nitrogens with one attached hydrogen (secondary N) is 2. The topological polar surface area (TPSA) is 78.5 Å². The van der Waals surface area contributed by atoms with E-state index < -0.39 is 23.4 Å². The van der Waals surface area contributed by atoms with E-state index in [1.165, 1.54) is 0 Å². The summed E-state index contributed by atoms with van der Waals surface area (Å²) in [6.07, 6.45) is 0. The summed E-state index contributed by atoms with van der Waals surface area (Å²) in [7, 11) is 0. The Morgan fingerprint density at radius 1 is 1.03 bits per heavy atom. The number of benzene rings is 2. The van der Waals surface area contributed by atoms with Crippen molar-refractivity contribution >= 4 is 23.5 Å². The quantitative estimate of drug-likeness (QED) is 0.778. The van der Waals surface area contributed by atoms with Gasteiger partial charge in [0.2, 0.25) is 5.91 Å². The molecule has 1 aliphatic rings. The zero-order valence-electron chi connectivity index (χ0n) is 17.5. The lowest BCUT2D eigenvalue weighted by Gasteiger charge is -2.24. The summed E-state index contributed by atoms with van der Waals surface area (Å²) in [5, 5.41) is 5.45. The number of rotatable bonds is 4. The Morgan fingerprint density at radius 3 is 2.17 bits per heavy atom. The summed E-state index contributed by atoms with van der Waals surface area (Å²) in [4.78, 5) is 38.8. The molecule has 0 saturated carbocycles. The molecular formula is C23H27N3O3. The molecular weight excluding hydrogens is 366 g/mol. The Hall–Kier alpha value is -3.15. The van der Waals surface area contributed by atoms with Crippen molar-refractivity contribution in [2.45, 2.75) is 45.6 Å². The minimum Gasteiger partial charge on any atom is -0.325 e. The summed E-state index contributed by atoms with van der Waals surface area (Å²) in [6, 6.07) is 14.4. The molecule has 0 bridgehead atoms. The van der Waals surface area contributed by atoms with E-state index in [0.29, 0.717) is 11.3 Å². The third-order valence-corrected chi connectivity index (χ3v) is 5.24. The predicted molar refractivity (Wildman–Crippen MR) is 113 cm³/mol. The second-order valence-corrected chi connectivity index (χ2v) is 8.69. The van der Waals surface area contributed by atoms with Crippen molar-refractivity contribution in [3.63, 3.8) is 0 Å². The molecule has 152 valence electrons. The summed E-state index contributed by atoms with van der Waals surface area (Å²) in [5.41, 5.74) is 2.31. The van der Waals surface area contributed by atoms with E-state index in [9.17, 15) is 14.4 Å². The van der Waals surface area contributed by atoms with Gasteiger partial charge < -0.3 is 10.6 Å². The molecule has 1 atom stereocenters. The molecule has 29 heavy (non-hydrogen) atoms. The lowest BCUT2D eigenvalue weighted by Crippen LogP contribution is -2.42. The number of hydrogen-bond acceptors (Lipinski definition) is 3. The molecule has 1 heterocycles. The number of carbonyl (C=O) groups is 3. The van der Waals surface area contributed by atoms with E-state index in [-0.39, 0.29) is 12.0 Å². The third kappa shape index (κ3) is 4.16. The van der Waals surface area contributed by atoms with Gasteiger partial charge in [0, 0.05) is 5.69 Å². The average Bonchev–Trinajstić information content (AvgIpc) is 2.87. The van der Waals surface area contributed by atoms with Crippen LogP contribution in [-0.4, -0.2) is 29.3 Å². The first-order chi connectivity index (χ1) is 13.5. The lowest BCUT2D eigenvalue weighted by atomic mass is 9.84. The van der Waals surface area contributed by atoms with E-state index in [0.717, 1.165) is 16.0 Å². The maximum Gasteiger partial charge on any atom is 0.325 e. The molecule has 0 aliphatic carbocycles. The second-order valence-electron chi connectivity index (χ2n) is 8.69. The Morgan fingerprint density at radius 2 is 1.62 bits per heavy atom.